The summed E-state index contributed by atoms with van der Waals surface area (Å²) >= 11 is 6.09. The zero-order valence-electron chi connectivity index (χ0n) is 21.6. The Morgan fingerprint density at radius 3 is 2.40 bits per heavy atom. The van der Waals surface area contributed by atoms with Gasteiger partial charge in [0.15, 0.2) is 6.61 Å². The molecule has 1 aromatic carbocycles. The molecule has 214 valence electrons. The van der Waals surface area contributed by atoms with Gasteiger partial charge in [0.2, 0.25) is 5.91 Å². The number of nitrogens with zero attached hydrogens (tertiary/aromatic N) is 2. The zero-order chi connectivity index (χ0) is 29.6. The van der Waals surface area contributed by atoms with Crippen molar-refractivity contribution in [3.63, 3.8) is 0 Å². The van der Waals surface area contributed by atoms with E-state index in [1.54, 1.807) is 6.92 Å². The number of carbonyl (C=O) groups excluding carboxylic acids is 2. The molecule has 0 saturated carbocycles. The first kappa shape index (κ1) is 30.4. The largest absolute Gasteiger partial charge is 0.495 e. The maximum Gasteiger partial charge on any atom is 0.422 e. The molecule has 2 aromatic heterocycles. The number of ether oxygens (including phenoxy) is 3. The van der Waals surface area contributed by atoms with E-state index in [9.17, 15) is 27.6 Å². The smallest absolute Gasteiger partial charge is 0.422 e. The van der Waals surface area contributed by atoms with E-state index >= 15 is 0 Å². The Kier molecular flexibility index (Phi) is 9.77. The average molecular weight is 583 g/mol. The number of aromatic nitrogens is 2. The molecule has 0 aliphatic carbocycles. The number of hydrogen-bond acceptors (Lipinski definition) is 7. The molecule has 3 rings (SSSR count). The second kappa shape index (κ2) is 12.8. The number of methoxy groups -OCH3 is 2. The highest BCUT2D eigenvalue weighted by atomic mass is 35.5. The maximum absolute atomic E-state index is 13.4. The molecule has 2 amide bonds. The predicted molar refractivity (Wildman–Crippen MR) is 141 cm³/mol. The van der Waals surface area contributed by atoms with E-state index in [0.717, 1.165) is 10.6 Å². The summed E-state index contributed by atoms with van der Waals surface area (Å²) in [6, 6.07) is 6.71. The number of nitrogens with one attached hydrogen (secondary N) is 1. The van der Waals surface area contributed by atoms with Crippen LogP contribution in [-0.4, -0.2) is 54.5 Å². The first-order valence-corrected chi connectivity index (χ1v) is 12.1. The molecule has 3 aromatic rings. The highest BCUT2D eigenvalue weighted by Gasteiger charge is 2.30. The number of halogens is 4. The lowest BCUT2D eigenvalue weighted by molar-refractivity contribution is -0.153. The van der Waals surface area contributed by atoms with Gasteiger partial charge < -0.3 is 25.3 Å². The molecule has 3 N–H and O–H groups in total. The molecular weight excluding hydrogens is 557 g/mol. The third-order valence-corrected chi connectivity index (χ3v) is 6.00. The molecule has 40 heavy (non-hydrogen) atoms. The molecule has 0 aliphatic heterocycles. The number of anilines is 1. The molecule has 1 unspecified atom stereocenters. The van der Waals surface area contributed by atoms with Gasteiger partial charge in [-0.25, -0.2) is 4.98 Å². The molecule has 2 heterocycles. The first-order chi connectivity index (χ1) is 18.8. The molecule has 0 bridgehead atoms. The van der Waals surface area contributed by atoms with Crippen LogP contribution in [0.4, 0.5) is 18.9 Å². The summed E-state index contributed by atoms with van der Waals surface area (Å²) in [5.74, 6) is -1.46. The van der Waals surface area contributed by atoms with Crippen molar-refractivity contribution >= 4 is 29.1 Å². The highest BCUT2D eigenvalue weighted by molar-refractivity contribution is 6.31. The van der Waals surface area contributed by atoms with E-state index in [1.165, 1.54) is 56.9 Å². The summed E-state index contributed by atoms with van der Waals surface area (Å²) in [5.41, 5.74) is 4.96. The standard InChI is InChI=1S/C26H26ClF3N4O6/c1-14(38-2)8-20(25(37)33-16-5-6-19(24(31)36)32-11-16)34-12-22(39-3)18(10-23(34)35)17-9-15(27)4-7-21(17)40-13-26(28,29)30/h4-7,9-12,14,20H,8,13H2,1-3H3,(H2,31,36)(H,33,37)/t14-,20?/m0/s1. The summed E-state index contributed by atoms with van der Waals surface area (Å²) in [5, 5.41) is 2.82. The number of alkyl halides is 3. The number of benzene rings is 1. The molecular formula is C26H26ClF3N4O6. The summed E-state index contributed by atoms with van der Waals surface area (Å²) in [4.78, 5) is 41.8. The lowest BCUT2D eigenvalue weighted by atomic mass is 10.0. The summed E-state index contributed by atoms with van der Waals surface area (Å²) in [6.45, 7) is 0.143. The Morgan fingerprint density at radius 1 is 1.12 bits per heavy atom. The molecule has 2 atom stereocenters. The van der Waals surface area contributed by atoms with Crippen molar-refractivity contribution < 1.29 is 37.0 Å². The average Bonchev–Trinajstić information content (AvgIpc) is 2.90. The Balaban J connectivity index is 2.05. The molecule has 0 fully saturated rings. The number of carbonyl (C=O) groups is 2. The Bertz CT molecular complexity index is 1430. The van der Waals surface area contributed by atoms with Crippen molar-refractivity contribution in [3.05, 3.63) is 69.9 Å². The minimum Gasteiger partial charge on any atom is -0.495 e. The number of rotatable bonds is 11. The Morgan fingerprint density at radius 2 is 1.82 bits per heavy atom. The summed E-state index contributed by atoms with van der Waals surface area (Å²) < 4.78 is 55.3. The lowest BCUT2D eigenvalue weighted by Crippen LogP contribution is -2.35. The van der Waals surface area contributed by atoms with Gasteiger partial charge in [-0.15, -0.1) is 0 Å². The minimum absolute atomic E-state index is 0.00121. The van der Waals surface area contributed by atoms with E-state index in [4.69, 9.17) is 31.5 Å². The molecule has 0 spiro atoms. The SMILES string of the molecule is COc1cn(C(C[C@H](C)OC)C(=O)Nc2ccc(C(N)=O)nc2)c(=O)cc1-c1cc(Cl)ccc1OCC(F)(F)F. The fourth-order valence-electron chi connectivity index (χ4n) is 3.74. The Labute approximate surface area is 231 Å². The topological polar surface area (TPSA) is 135 Å². The van der Waals surface area contributed by atoms with Gasteiger partial charge in [0, 0.05) is 35.7 Å². The van der Waals surface area contributed by atoms with Crippen LogP contribution in [-0.2, 0) is 9.53 Å². The van der Waals surface area contributed by atoms with Crippen LogP contribution in [0.2, 0.25) is 5.02 Å². The van der Waals surface area contributed by atoms with Gasteiger partial charge in [0.25, 0.3) is 11.5 Å². The monoisotopic (exact) mass is 582 g/mol. The first-order valence-electron chi connectivity index (χ1n) is 11.7. The van der Waals surface area contributed by atoms with Gasteiger partial charge in [-0.1, -0.05) is 11.6 Å². The van der Waals surface area contributed by atoms with Gasteiger partial charge in [-0.2, -0.15) is 13.2 Å². The minimum atomic E-state index is -4.60. The summed E-state index contributed by atoms with van der Waals surface area (Å²) in [7, 11) is 2.74. The second-order valence-corrected chi connectivity index (χ2v) is 9.07. The van der Waals surface area contributed by atoms with Crippen molar-refractivity contribution in [2.24, 2.45) is 5.73 Å². The van der Waals surface area contributed by atoms with Crippen LogP contribution in [0.3, 0.4) is 0 Å². The number of primary amides is 1. The molecule has 0 aliphatic rings. The van der Waals surface area contributed by atoms with Gasteiger partial charge in [0.05, 0.1) is 31.3 Å². The Hall–Kier alpha value is -4.10. The third-order valence-electron chi connectivity index (χ3n) is 5.77. The van der Waals surface area contributed by atoms with E-state index < -0.39 is 42.3 Å². The number of pyridine rings is 2. The van der Waals surface area contributed by atoms with Crippen molar-refractivity contribution in [3.8, 4) is 22.6 Å². The van der Waals surface area contributed by atoms with Crippen LogP contribution in [0.25, 0.3) is 11.1 Å². The van der Waals surface area contributed by atoms with E-state index in [1.807, 2.05) is 0 Å². The molecule has 14 heteroatoms. The lowest BCUT2D eigenvalue weighted by Gasteiger charge is -2.23. The third kappa shape index (κ3) is 7.73. The van der Waals surface area contributed by atoms with Crippen LogP contribution >= 0.6 is 11.6 Å². The van der Waals surface area contributed by atoms with E-state index in [-0.39, 0.29) is 45.5 Å². The van der Waals surface area contributed by atoms with E-state index in [2.05, 4.69) is 10.3 Å². The fraction of sp³-hybridized carbons (Fsp3) is 0.308. The van der Waals surface area contributed by atoms with Crippen LogP contribution in [0, 0.1) is 0 Å². The molecule has 0 saturated heterocycles. The van der Waals surface area contributed by atoms with Crippen molar-refractivity contribution in [1.29, 1.82) is 0 Å². The molecule has 10 nitrogen and oxygen atoms in total. The number of nitrogens with two attached hydrogens (primary N) is 1. The van der Waals surface area contributed by atoms with Crippen molar-refractivity contribution in [2.75, 3.05) is 26.1 Å². The van der Waals surface area contributed by atoms with Crippen LogP contribution in [0.5, 0.6) is 11.5 Å². The van der Waals surface area contributed by atoms with Gasteiger partial charge in [0.1, 0.15) is 23.2 Å². The predicted octanol–water partition coefficient (Wildman–Crippen LogP) is 4.22. The van der Waals surface area contributed by atoms with Gasteiger partial charge in [-0.05, 0) is 37.3 Å². The zero-order valence-corrected chi connectivity index (χ0v) is 22.4. The number of hydrogen-bond donors (Lipinski definition) is 2. The normalized spacial score (nSPS) is 12.9. The fourth-order valence-corrected chi connectivity index (χ4v) is 3.91. The number of amides is 2. The highest BCUT2D eigenvalue weighted by Crippen LogP contribution is 2.38. The van der Waals surface area contributed by atoms with Crippen LogP contribution in [0.15, 0.2) is 53.6 Å². The van der Waals surface area contributed by atoms with Crippen molar-refractivity contribution in [1.82, 2.24) is 9.55 Å². The van der Waals surface area contributed by atoms with Crippen LogP contribution in [0.1, 0.15) is 29.9 Å². The van der Waals surface area contributed by atoms with E-state index in [0.29, 0.717) is 0 Å². The second-order valence-electron chi connectivity index (χ2n) is 8.63. The maximum atomic E-state index is 13.4. The van der Waals surface area contributed by atoms with Gasteiger partial charge in [-0.3, -0.25) is 19.0 Å². The van der Waals surface area contributed by atoms with Crippen LogP contribution < -0.4 is 26.1 Å². The summed E-state index contributed by atoms with van der Waals surface area (Å²) in [6.07, 6.45) is -2.48. The van der Waals surface area contributed by atoms with Gasteiger partial charge >= 0.3 is 6.18 Å². The quantitative estimate of drug-likeness (QED) is 0.346. The van der Waals surface area contributed by atoms with Crippen molar-refractivity contribution in [2.45, 2.75) is 31.7 Å². The molecule has 0 radical (unpaired) electrons.